The molecule has 9 heteroatoms. The number of hydrogen-bond acceptors (Lipinski definition) is 5. The Labute approximate surface area is 182 Å². The molecule has 1 aliphatic heterocycles. The summed E-state index contributed by atoms with van der Waals surface area (Å²) in [5.41, 5.74) is -0.937. The second kappa shape index (κ2) is 8.78. The van der Waals surface area contributed by atoms with E-state index in [9.17, 15) is 27.9 Å². The summed E-state index contributed by atoms with van der Waals surface area (Å²) in [6.07, 6.45) is -3.32. The first-order chi connectivity index (χ1) is 15.1. The van der Waals surface area contributed by atoms with E-state index in [-0.39, 0.29) is 39.6 Å². The van der Waals surface area contributed by atoms with Gasteiger partial charge in [0.05, 0.1) is 30.4 Å². The van der Waals surface area contributed by atoms with E-state index in [0.29, 0.717) is 6.61 Å². The number of amides is 1. The van der Waals surface area contributed by atoms with E-state index in [1.165, 1.54) is 37.3 Å². The van der Waals surface area contributed by atoms with Crippen LogP contribution in [0.2, 0.25) is 0 Å². The lowest BCUT2D eigenvalue weighted by atomic mass is 10.0. The normalized spacial score (nSPS) is 15.5. The van der Waals surface area contributed by atoms with Crippen LogP contribution in [0.1, 0.15) is 25.0 Å². The first kappa shape index (κ1) is 22.9. The standard InChI is InChI=1S/C23H20F3NO5/c1-4-32-18-10-5-7-14(20(18)28)11-17-19(22(30)31-3)13(2)27(21(17)29)16-9-6-8-15(12-16)23(24,25)26/h5-12,28H,4H2,1-3H3/b17-11-. The van der Waals surface area contributed by atoms with Crippen LogP contribution in [-0.2, 0) is 20.5 Å². The van der Waals surface area contributed by atoms with E-state index in [2.05, 4.69) is 0 Å². The van der Waals surface area contributed by atoms with Crippen LogP contribution in [0.3, 0.4) is 0 Å². The molecule has 0 bridgehead atoms. The lowest BCUT2D eigenvalue weighted by Gasteiger charge is -2.19. The van der Waals surface area contributed by atoms with Crippen molar-refractivity contribution in [3.05, 3.63) is 70.4 Å². The molecule has 0 saturated heterocycles. The lowest BCUT2D eigenvalue weighted by Crippen LogP contribution is -2.25. The van der Waals surface area contributed by atoms with Crippen molar-refractivity contribution in [3.8, 4) is 11.5 Å². The second-order valence-electron chi connectivity index (χ2n) is 6.83. The van der Waals surface area contributed by atoms with Gasteiger partial charge in [0, 0.05) is 16.9 Å². The SMILES string of the molecule is CCOc1cccc(/C=C2\C(=O)N(c3cccc(C(F)(F)F)c3)C(C)=C2C(=O)OC)c1O. The number of aromatic hydroxyl groups is 1. The van der Waals surface area contributed by atoms with Crippen molar-refractivity contribution < 1.29 is 37.3 Å². The van der Waals surface area contributed by atoms with E-state index in [4.69, 9.17) is 9.47 Å². The molecule has 0 unspecified atom stereocenters. The molecule has 1 aliphatic rings. The third-order valence-corrected chi connectivity index (χ3v) is 4.85. The molecule has 3 rings (SSSR count). The van der Waals surface area contributed by atoms with Crippen molar-refractivity contribution in [1.29, 1.82) is 0 Å². The molecule has 2 aromatic carbocycles. The summed E-state index contributed by atoms with van der Waals surface area (Å²) in [4.78, 5) is 26.7. The molecule has 6 nitrogen and oxygen atoms in total. The topological polar surface area (TPSA) is 76.1 Å². The molecular formula is C23H20F3NO5. The molecule has 0 saturated carbocycles. The van der Waals surface area contributed by atoms with Gasteiger partial charge in [-0.15, -0.1) is 0 Å². The van der Waals surface area contributed by atoms with Crippen LogP contribution >= 0.6 is 0 Å². The number of phenolic OH excluding ortho intramolecular Hbond substituents is 1. The number of phenols is 1. The number of ether oxygens (including phenoxy) is 2. The smallest absolute Gasteiger partial charge is 0.416 e. The monoisotopic (exact) mass is 447 g/mol. The maximum atomic E-state index is 13.2. The molecule has 0 atom stereocenters. The van der Waals surface area contributed by atoms with Gasteiger partial charge in [0.15, 0.2) is 11.5 Å². The zero-order chi connectivity index (χ0) is 23.6. The van der Waals surface area contributed by atoms with E-state index in [1.54, 1.807) is 13.0 Å². The van der Waals surface area contributed by atoms with Crippen LogP contribution in [0.5, 0.6) is 11.5 Å². The largest absolute Gasteiger partial charge is 0.504 e. The van der Waals surface area contributed by atoms with E-state index in [1.807, 2.05) is 0 Å². The number of hydrogen-bond donors (Lipinski definition) is 1. The van der Waals surface area contributed by atoms with Gasteiger partial charge in [-0.25, -0.2) is 4.79 Å². The van der Waals surface area contributed by atoms with E-state index < -0.39 is 23.6 Å². The number of rotatable bonds is 5. The van der Waals surface area contributed by atoms with Crippen LogP contribution in [0.4, 0.5) is 18.9 Å². The number of nitrogens with zero attached hydrogens (tertiary/aromatic N) is 1. The Morgan fingerprint density at radius 1 is 1.19 bits per heavy atom. The Bertz CT molecular complexity index is 1130. The summed E-state index contributed by atoms with van der Waals surface area (Å²) in [7, 11) is 1.13. The lowest BCUT2D eigenvalue weighted by molar-refractivity contribution is -0.137. The van der Waals surface area contributed by atoms with Gasteiger partial charge in [0.2, 0.25) is 0 Å². The van der Waals surface area contributed by atoms with Gasteiger partial charge >= 0.3 is 12.1 Å². The molecule has 1 amide bonds. The van der Waals surface area contributed by atoms with Gasteiger partial charge in [0.1, 0.15) is 0 Å². The minimum absolute atomic E-state index is 0.0561. The van der Waals surface area contributed by atoms with Crippen LogP contribution in [-0.4, -0.2) is 30.7 Å². The van der Waals surface area contributed by atoms with Gasteiger partial charge < -0.3 is 14.6 Å². The quantitative estimate of drug-likeness (QED) is 0.532. The molecule has 168 valence electrons. The van der Waals surface area contributed by atoms with Crippen molar-refractivity contribution in [1.82, 2.24) is 0 Å². The zero-order valence-corrected chi connectivity index (χ0v) is 17.5. The maximum Gasteiger partial charge on any atom is 0.416 e. The van der Waals surface area contributed by atoms with Crippen LogP contribution < -0.4 is 9.64 Å². The fourth-order valence-electron chi connectivity index (χ4n) is 3.40. The number of allylic oxidation sites excluding steroid dienone is 1. The predicted molar refractivity (Wildman–Crippen MR) is 111 cm³/mol. The Kier molecular flexibility index (Phi) is 6.29. The number of carbonyl (C=O) groups excluding carboxylic acids is 2. The predicted octanol–water partition coefficient (Wildman–Crippen LogP) is 4.69. The maximum absolute atomic E-state index is 13.2. The molecule has 1 heterocycles. The molecule has 0 spiro atoms. The highest BCUT2D eigenvalue weighted by atomic mass is 19.4. The molecule has 0 aromatic heterocycles. The highest BCUT2D eigenvalue weighted by Crippen LogP contribution is 2.39. The molecular weight excluding hydrogens is 427 g/mol. The summed E-state index contributed by atoms with van der Waals surface area (Å²) in [6.45, 7) is 3.46. The average Bonchev–Trinajstić information content (AvgIpc) is 2.99. The highest BCUT2D eigenvalue weighted by molar-refractivity contribution is 6.24. The van der Waals surface area contributed by atoms with Gasteiger partial charge in [-0.05, 0) is 44.2 Å². The number of carbonyl (C=O) groups is 2. The summed E-state index contributed by atoms with van der Waals surface area (Å²) in [6, 6.07) is 8.86. The number of para-hydroxylation sites is 1. The van der Waals surface area contributed by atoms with E-state index >= 15 is 0 Å². The fourth-order valence-corrected chi connectivity index (χ4v) is 3.40. The molecule has 2 aromatic rings. The number of benzene rings is 2. The van der Waals surface area contributed by atoms with Crippen LogP contribution in [0.15, 0.2) is 59.3 Å². The number of alkyl halides is 3. The Balaban J connectivity index is 2.16. The third kappa shape index (κ3) is 4.18. The van der Waals surface area contributed by atoms with Gasteiger partial charge in [-0.1, -0.05) is 18.2 Å². The minimum Gasteiger partial charge on any atom is -0.504 e. The summed E-state index contributed by atoms with van der Waals surface area (Å²) >= 11 is 0. The van der Waals surface area contributed by atoms with Crippen LogP contribution in [0, 0.1) is 0 Å². The molecule has 1 N–H and O–H groups in total. The highest BCUT2D eigenvalue weighted by Gasteiger charge is 2.39. The Morgan fingerprint density at radius 3 is 2.50 bits per heavy atom. The van der Waals surface area contributed by atoms with Crippen molar-refractivity contribution in [2.45, 2.75) is 20.0 Å². The van der Waals surface area contributed by atoms with Crippen molar-refractivity contribution in [3.63, 3.8) is 0 Å². The summed E-state index contributed by atoms with van der Waals surface area (Å²) in [5.74, 6) is -1.63. The first-order valence-electron chi connectivity index (χ1n) is 9.57. The molecule has 0 fully saturated rings. The number of methoxy groups -OCH3 is 1. The Hall–Kier alpha value is -3.75. The van der Waals surface area contributed by atoms with Gasteiger partial charge in [-0.2, -0.15) is 13.2 Å². The average molecular weight is 447 g/mol. The second-order valence-corrected chi connectivity index (χ2v) is 6.83. The number of anilines is 1. The Morgan fingerprint density at radius 2 is 1.88 bits per heavy atom. The number of esters is 1. The fraction of sp³-hybridized carbons (Fsp3) is 0.217. The summed E-state index contributed by atoms with van der Waals surface area (Å²) in [5, 5.41) is 10.5. The van der Waals surface area contributed by atoms with Gasteiger partial charge in [-0.3, -0.25) is 9.69 Å². The minimum atomic E-state index is -4.61. The number of halogens is 3. The van der Waals surface area contributed by atoms with Crippen molar-refractivity contribution in [2.75, 3.05) is 18.6 Å². The van der Waals surface area contributed by atoms with Crippen molar-refractivity contribution >= 4 is 23.6 Å². The molecule has 32 heavy (non-hydrogen) atoms. The van der Waals surface area contributed by atoms with E-state index in [0.717, 1.165) is 24.1 Å². The van der Waals surface area contributed by atoms with Crippen LogP contribution in [0.25, 0.3) is 6.08 Å². The van der Waals surface area contributed by atoms with Gasteiger partial charge in [0.25, 0.3) is 5.91 Å². The zero-order valence-electron chi connectivity index (χ0n) is 17.5. The molecule has 0 aliphatic carbocycles. The molecule has 0 radical (unpaired) electrons. The first-order valence-corrected chi connectivity index (χ1v) is 9.57. The summed E-state index contributed by atoms with van der Waals surface area (Å²) < 4.78 is 49.7. The van der Waals surface area contributed by atoms with Crippen molar-refractivity contribution in [2.24, 2.45) is 0 Å². The third-order valence-electron chi connectivity index (χ3n) is 4.85.